The highest BCUT2D eigenvalue weighted by Gasteiger charge is 2.29. The van der Waals surface area contributed by atoms with Gasteiger partial charge in [0, 0.05) is 24.3 Å². The number of hydrogen-bond donors (Lipinski definition) is 0. The molecule has 5 nitrogen and oxygen atoms in total. The molecule has 1 amide bonds. The number of morpholine rings is 1. The molecule has 0 aliphatic carbocycles. The van der Waals surface area contributed by atoms with Gasteiger partial charge in [-0.05, 0) is 5.69 Å². The second kappa shape index (κ2) is 6.09. The SMILES string of the molecule is O=C1[C@H](CCl)O[CH-][N+]1=c1cc[c-](N2CCOCC2)c(F)c1. The number of amides is 1. The summed E-state index contributed by atoms with van der Waals surface area (Å²) in [6, 6.07) is 4.70. The Morgan fingerprint density at radius 3 is 2.90 bits per heavy atom. The van der Waals surface area contributed by atoms with Gasteiger partial charge in [0.05, 0.1) is 19.1 Å². The molecular weight excluding hydrogens is 299 g/mol. The van der Waals surface area contributed by atoms with Gasteiger partial charge in [-0.1, -0.05) is 0 Å². The number of rotatable bonds is 2. The Hall–Kier alpha value is -1.50. The number of ether oxygens (including phenoxy) is 2. The Bertz CT molecular complexity index is 610. The number of carbonyl (C=O) groups excluding carboxylic acids is 1. The Kier molecular flexibility index (Phi) is 4.19. The number of alkyl halides is 1. The molecule has 0 unspecified atom stereocenters. The average Bonchev–Trinajstić information content (AvgIpc) is 2.89. The third kappa shape index (κ3) is 2.79. The highest BCUT2D eigenvalue weighted by Crippen LogP contribution is 2.18. The van der Waals surface area contributed by atoms with Gasteiger partial charge in [-0.3, -0.25) is 9.37 Å². The van der Waals surface area contributed by atoms with Crippen molar-refractivity contribution in [3.63, 3.8) is 0 Å². The molecule has 1 aromatic rings. The molecule has 2 aliphatic heterocycles. The summed E-state index contributed by atoms with van der Waals surface area (Å²) in [5.74, 6) is -0.589. The molecule has 114 valence electrons. The minimum Gasteiger partial charge on any atom is -0.417 e. The summed E-state index contributed by atoms with van der Waals surface area (Å²) in [5, 5.41) is 0.433. The quantitative estimate of drug-likeness (QED) is 0.451. The first kappa shape index (κ1) is 14.4. The highest BCUT2D eigenvalue weighted by atomic mass is 35.5. The van der Waals surface area contributed by atoms with Crippen LogP contribution in [-0.4, -0.2) is 44.2 Å². The molecular formula is C14H15ClFN2O3-. The van der Waals surface area contributed by atoms with E-state index in [1.54, 1.807) is 12.1 Å². The Morgan fingerprint density at radius 1 is 1.52 bits per heavy atom. The van der Waals surface area contributed by atoms with E-state index in [4.69, 9.17) is 21.1 Å². The highest BCUT2D eigenvalue weighted by molar-refractivity contribution is 6.19. The standard InChI is InChI=1S/C14H15ClFN2O3/c15-8-13-14(19)18(9-21-13)10-1-2-12(11(16)7-10)17-3-5-20-6-4-17/h1-2,7,9,13H,3-6,8H2/q-1/t13-/m0/s1. The lowest BCUT2D eigenvalue weighted by molar-refractivity contribution is -0.123. The first-order valence-corrected chi connectivity index (χ1v) is 7.24. The Balaban J connectivity index is 1.92. The molecule has 0 spiro atoms. The molecule has 2 aliphatic rings. The maximum atomic E-state index is 14.3. The fourth-order valence-electron chi connectivity index (χ4n) is 2.40. The zero-order valence-corrected chi connectivity index (χ0v) is 12.1. The van der Waals surface area contributed by atoms with E-state index in [0.29, 0.717) is 37.3 Å². The van der Waals surface area contributed by atoms with E-state index in [2.05, 4.69) is 0 Å². The molecule has 1 atom stereocenters. The van der Waals surface area contributed by atoms with Gasteiger partial charge in [0.15, 0.2) is 6.73 Å². The van der Waals surface area contributed by atoms with Crippen LogP contribution >= 0.6 is 11.6 Å². The van der Waals surface area contributed by atoms with E-state index >= 15 is 0 Å². The molecule has 2 fully saturated rings. The van der Waals surface area contributed by atoms with Gasteiger partial charge >= 0.3 is 5.91 Å². The number of carbonyl (C=O) groups is 1. The molecule has 0 aromatic heterocycles. The summed E-state index contributed by atoms with van der Waals surface area (Å²) in [6.45, 7) is 3.76. The molecule has 1 aromatic carbocycles. The first-order valence-electron chi connectivity index (χ1n) is 6.71. The summed E-state index contributed by atoms with van der Waals surface area (Å²) in [7, 11) is 0. The third-order valence-electron chi connectivity index (χ3n) is 3.54. The molecule has 0 bridgehead atoms. The van der Waals surface area contributed by atoms with Gasteiger partial charge in [0.2, 0.25) is 0 Å². The van der Waals surface area contributed by atoms with E-state index in [1.807, 2.05) is 4.90 Å². The van der Waals surface area contributed by atoms with Gasteiger partial charge in [-0.2, -0.15) is 12.1 Å². The largest absolute Gasteiger partial charge is 0.417 e. The Morgan fingerprint density at radius 2 is 2.29 bits per heavy atom. The van der Waals surface area contributed by atoms with Crippen LogP contribution in [0.25, 0.3) is 0 Å². The monoisotopic (exact) mass is 313 g/mol. The van der Waals surface area contributed by atoms with Gasteiger partial charge in [-0.25, -0.2) is 4.39 Å². The van der Waals surface area contributed by atoms with Gasteiger partial charge in [0.1, 0.15) is 6.10 Å². The van der Waals surface area contributed by atoms with Crippen molar-refractivity contribution >= 4 is 23.2 Å². The van der Waals surface area contributed by atoms with E-state index in [1.165, 1.54) is 17.4 Å². The van der Waals surface area contributed by atoms with Crippen molar-refractivity contribution in [3.05, 3.63) is 36.1 Å². The number of halogens is 2. The van der Waals surface area contributed by atoms with Crippen LogP contribution in [0.5, 0.6) is 0 Å². The fraction of sp³-hybridized carbons (Fsp3) is 0.429. The number of anilines is 1. The maximum Gasteiger partial charge on any atom is 0.312 e. The van der Waals surface area contributed by atoms with Crippen molar-refractivity contribution in [2.45, 2.75) is 6.10 Å². The second-order valence-electron chi connectivity index (χ2n) is 4.83. The predicted octanol–water partition coefficient (Wildman–Crippen LogP) is 0.437. The number of hydrogen-bond acceptors (Lipinski definition) is 4. The topological polar surface area (TPSA) is 41.8 Å². The number of nitrogens with zero attached hydrogens (tertiary/aromatic N) is 2. The molecule has 0 radical (unpaired) electrons. The molecule has 2 saturated heterocycles. The zero-order chi connectivity index (χ0) is 14.8. The summed E-state index contributed by atoms with van der Waals surface area (Å²) < 4.78 is 26.0. The molecule has 0 saturated carbocycles. The van der Waals surface area contributed by atoms with E-state index < -0.39 is 6.10 Å². The van der Waals surface area contributed by atoms with Crippen LogP contribution in [0.15, 0.2) is 18.2 Å². The first-order chi connectivity index (χ1) is 10.2. The van der Waals surface area contributed by atoms with Crippen LogP contribution in [0.4, 0.5) is 10.1 Å². The van der Waals surface area contributed by atoms with Crippen molar-refractivity contribution in [1.29, 1.82) is 0 Å². The van der Waals surface area contributed by atoms with Crippen molar-refractivity contribution in [1.82, 2.24) is 4.58 Å². The third-order valence-corrected chi connectivity index (χ3v) is 3.83. The van der Waals surface area contributed by atoms with Crippen LogP contribution in [0, 0.1) is 12.5 Å². The number of benzene rings is 1. The smallest absolute Gasteiger partial charge is 0.312 e. The van der Waals surface area contributed by atoms with Gasteiger partial charge in [-0.15, -0.1) is 17.7 Å². The molecule has 2 heterocycles. The van der Waals surface area contributed by atoms with Crippen molar-refractivity contribution < 1.29 is 18.7 Å². The second-order valence-corrected chi connectivity index (χ2v) is 5.14. The van der Waals surface area contributed by atoms with Crippen LogP contribution in [-0.2, 0) is 14.3 Å². The molecule has 0 N–H and O–H groups in total. The van der Waals surface area contributed by atoms with Crippen LogP contribution in [0.2, 0.25) is 0 Å². The summed E-state index contributed by atoms with van der Waals surface area (Å²) >= 11 is 5.63. The van der Waals surface area contributed by atoms with Gasteiger partial charge < -0.3 is 14.4 Å². The zero-order valence-electron chi connectivity index (χ0n) is 11.3. The van der Waals surface area contributed by atoms with Crippen molar-refractivity contribution in [3.8, 4) is 0 Å². The summed E-state index contributed by atoms with van der Waals surface area (Å²) in [4.78, 5) is 13.9. The van der Waals surface area contributed by atoms with Crippen molar-refractivity contribution in [2.24, 2.45) is 0 Å². The fourth-order valence-corrected chi connectivity index (χ4v) is 2.60. The van der Waals surface area contributed by atoms with Gasteiger partial charge in [0.25, 0.3) is 0 Å². The molecule has 3 rings (SSSR count). The van der Waals surface area contributed by atoms with Crippen LogP contribution in [0.3, 0.4) is 0 Å². The minimum atomic E-state index is -0.700. The molecule has 21 heavy (non-hydrogen) atoms. The van der Waals surface area contributed by atoms with Crippen LogP contribution < -0.4 is 14.8 Å². The normalized spacial score (nSPS) is 25.1. The minimum absolute atomic E-state index is 0.0696. The maximum absolute atomic E-state index is 14.3. The van der Waals surface area contributed by atoms with Crippen LogP contribution in [0.1, 0.15) is 0 Å². The lowest BCUT2D eigenvalue weighted by Gasteiger charge is -2.33. The van der Waals surface area contributed by atoms with E-state index in [0.717, 1.165) is 0 Å². The lowest BCUT2D eigenvalue weighted by Crippen LogP contribution is -2.37. The van der Waals surface area contributed by atoms with E-state index in [-0.39, 0.29) is 17.6 Å². The summed E-state index contributed by atoms with van der Waals surface area (Å²) in [5.41, 5.74) is 0.517. The molecule has 7 heteroatoms. The average molecular weight is 314 g/mol. The Labute approximate surface area is 126 Å². The predicted molar refractivity (Wildman–Crippen MR) is 75.2 cm³/mol. The van der Waals surface area contributed by atoms with Crippen molar-refractivity contribution in [2.75, 3.05) is 37.1 Å². The van der Waals surface area contributed by atoms with E-state index in [9.17, 15) is 9.18 Å². The summed E-state index contributed by atoms with van der Waals surface area (Å²) in [6.07, 6.45) is -0.700. The lowest BCUT2D eigenvalue weighted by atomic mass is 10.2.